The molecule has 0 bridgehead atoms. The second-order valence-corrected chi connectivity index (χ2v) is 8.01. The summed E-state index contributed by atoms with van der Waals surface area (Å²) in [5.41, 5.74) is 8.08. The molecule has 4 rings (SSSR count). The molecule has 0 aromatic carbocycles. The van der Waals surface area contributed by atoms with Gasteiger partial charge in [0.25, 0.3) is 5.91 Å². The molecule has 2 heterocycles. The fourth-order valence-electron chi connectivity index (χ4n) is 4.66. The summed E-state index contributed by atoms with van der Waals surface area (Å²) in [5.74, 6) is 0.539. The minimum absolute atomic E-state index is 0.0180. The Morgan fingerprint density at radius 3 is 2.78 bits per heavy atom. The highest BCUT2D eigenvalue weighted by atomic mass is 16.5. The Bertz CT molecular complexity index is 745. The van der Waals surface area contributed by atoms with Gasteiger partial charge >= 0.3 is 0 Å². The second kappa shape index (κ2) is 7.46. The van der Waals surface area contributed by atoms with Crippen LogP contribution in [0.5, 0.6) is 5.88 Å². The SMILES string of the molecule is COc1nc2c(cc1CNC(=O)[C@H]1CC[C@@H](N)C1)C(=O)N(C1CCCC1)C2. The van der Waals surface area contributed by atoms with E-state index in [9.17, 15) is 9.59 Å². The topological polar surface area (TPSA) is 97.5 Å². The number of rotatable bonds is 5. The number of hydrogen-bond acceptors (Lipinski definition) is 5. The van der Waals surface area contributed by atoms with Crippen LogP contribution in [0.2, 0.25) is 0 Å². The predicted octanol–water partition coefficient (Wildman–Crippen LogP) is 1.73. The molecule has 146 valence electrons. The van der Waals surface area contributed by atoms with Gasteiger partial charge in [-0.05, 0) is 38.2 Å². The number of nitrogens with zero attached hydrogens (tertiary/aromatic N) is 2. The van der Waals surface area contributed by atoms with Crippen LogP contribution < -0.4 is 15.8 Å². The summed E-state index contributed by atoms with van der Waals surface area (Å²) in [7, 11) is 1.57. The van der Waals surface area contributed by atoms with E-state index in [1.165, 1.54) is 12.8 Å². The van der Waals surface area contributed by atoms with E-state index >= 15 is 0 Å². The molecular weight excluding hydrogens is 344 g/mol. The molecular formula is C20H28N4O3. The molecule has 1 aromatic heterocycles. The van der Waals surface area contributed by atoms with Gasteiger partial charge in [-0.1, -0.05) is 12.8 Å². The number of aromatic nitrogens is 1. The number of nitrogens with two attached hydrogens (primary N) is 1. The van der Waals surface area contributed by atoms with E-state index in [4.69, 9.17) is 10.5 Å². The summed E-state index contributed by atoms with van der Waals surface area (Å²) in [6.45, 7) is 0.868. The van der Waals surface area contributed by atoms with Crippen molar-refractivity contribution in [3.05, 3.63) is 22.9 Å². The second-order valence-electron chi connectivity index (χ2n) is 8.01. The molecule has 0 unspecified atom stereocenters. The maximum atomic E-state index is 12.9. The van der Waals surface area contributed by atoms with Crippen LogP contribution in [0, 0.1) is 5.92 Å². The van der Waals surface area contributed by atoms with Crippen molar-refractivity contribution in [3.63, 3.8) is 0 Å². The molecule has 0 saturated heterocycles. The fourth-order valence-corrected chi connectivity index (χ4v) is 4.66. The highest BCUT2D eigenvalue weighted by Gasteiger charge is 2.36. The average molecular weight is 372 g/mol. The van der Waals surface area contributed by atoms with Crippen molar-refractivity contribution in [2.45, 2.75) is 70.1 Å². The Hall–Kier alpha value is -2.15. The lowest BCUT2D eigenvalue weighted by atomic mass is 10.1. The van der Waals surface area contributed by atoms with Crippen LogP contribution in [0.15, 0.2) is 6.07 Å². The lowest BCUT2D eigenvalue weighted by Gasteiger charge is -2.22. The Kier molecular flexibility index (Phi) is 5.04. The van der Waals surface area contributed by atoms with Gasteiger partial charge in [-0.3, -0.25) is 9.59 Å². The van der Waals surface area contributed by atoms with Gasteiger partial charge in [0.1, 0.15) is 0 Å². The first-order chi connectivity index (χ1) is 13.1. The number of hydrogen-bond donors (Lipinski definition) is 2. The first-order valence-corrected chi connectivity index (χ1v) is 9.98. The van der Waals surface area contributed by atoms with Crippen molar-refractivity contribution in [2.75, 3.05) is 7.11 Å². The summed E-state index contributed by atoms with van der Waals surface area (Å²) in [5, 5.41) is 2.97. The van der Waals surface area contributed by atoms with Crippen LogP contribution in [-0.2, 0) is 17.9 Å². The number of carbonyl (C=O) groups excluding carboxylic acids is 2. The Balaban J connectivity index is 1.48. The summed E-state index contributed by atoms with van der Waals surface area (Å²) in [4.78, 5) is 31.8. The van der Waals surface area contributed by atoms with Crippen molar-refractivity contribution in [2.24, 2.45) is 11.7 Å². The zero-order valence-electron chi connectivity index (χ0n) is 15.9. The summed E-state index contributed by atoms with van der Waals surface area (Å²) in [6, 6.07) is 2.29. The zero-order valence-corrected chi connectivity index (χ0v) is 15.9. The maximum absolute atomic E-state index is 12.9. The molecule has 2 fully saturated rings. The van der Waals surface area contributed by atoms with E-state index in [-0.39, 0.29) is 23.8 Å². The number of carbonyl (C=O) groups is 2. The first kappa shape index (κ1) is 18.2. The van der Waals surface area contributed by atoms with Crippen LogP contribution in [0.1, 0.15) is 66.6 Å². The lowest BCUT2D eigenvalue weighted by Crippen LogP contribution is -2.33. The maximum Gasteiger partial charge on any atom is 0.256 e. The third kappa shape index (κ3) is 3.52. The van der Waals surface area contributed by atoms with Crippen molar-refractivity contribution in [3.8, 4) is 5.88 Å². The molecule has 0 radical (unpaired) electrons. The van der Waals surface area contributed by atoms with Crippen LogP contribution in [0.25, 0.3) is 0 Å². The van der Waals surface area contributed by atoms with Crippen LogP contribution in [0.3, 0.4) is 0 Å². The highest BCUT2D eigenvalue weighted by molar-refractivity contribution is 5.98. The Morgan fingerprint density at radius 2 is 2.11 bits per heavy atom. The van der Waals surface area contributed by atoms with Gasteiger partial charge in [-0.25, -0.2) is 4.98 Å². The van der Waals surface area contributed by atoms with Gasteiger partial charge in [0.2, 0.25) is 11.8 Å². The van der Waals surface area contributed by atoms with Crippen molar-refractivity contribution in [1.82, 2.24) is 15.2 Å². The molecule has 27 heavy (non-hydrogen) atoms. The summed E-state index contributed by atoms with van der Waals surface area (Å²) >= 11 is 0. The predicted molar refractivity (Wildman–Crippen MR) is 100 cm³/mol. The number of fused-ring (bicyclic) bond motifs is 1. The molecule has 3 N–H and O–H groups in total. The fraction of sp³-hybridized carbons (Fsp3) is 0.650. The first-order valence-electron chi connectivity index (χ1n) is 9.98. The van der Waals surface area contributed by atoms with Gasteiger partial charge in [0.05, 0.1) is 24.9 Å². The molecule has 2 amide bonds. The molecule has 0 spiro atoms. The van der Waals surface area contributed by atoms with Crippen LogP contribution in [-0.4, -0.2) is 40.9 Å². The minimum Gasteiger partial charge on any atom is -0.481 e. The molecule has 1 aliphatic heterocycles. The number of pyridine rings is 1. The molecule has 2 atom stereocenters. The van der Waals surface area contributed by atoms with E-state index in [1.807, 2.05) is 11.0 Å². The Labute approximate surface area is 159 Å². The molecule has 1 aromatic rings. The third-order valence-electron chi connectivity index (χ3n) is 6.21. The monoisotopic (exact) mass is 372 g/mol. The molecule has 7 nitrogen and oxygen atoms in total. The largest absolute Gasteiger partial charge is 0.481 e. The van der Waals surface area contributed by atoms with Gasteiger partial charge < -0.3 is 20.7 Å². The summed E-state index contributed by atoms with van der Waals surface area (Å²) < 4.78 is 5.43. The molecule has 2 aliphatic carbocycles. The van der Waals surface area contributed by atoms with E-state index in [0.717, 1.165) is 43.4 Å². The third-order valence-corrected chi connectivity index (χ3v) is 6.21. The van der Waals surface area contributed by atoms with E-state index in [0.29, 0.717) is 30.6 Å². The van der Waals surface area contributed by atoms with Gasteiger partial charge in [-0.15, -0.1) is 0 Å². The van der Waals surface area contributed by atoms with E-state index in [2.05, 4.69) is 10.3 Å². The van der Waals surface area contributed by atoms with Crippen LogP contribution >= 0.6 is 0 Å². The minimum atomic E-state index is -0.0205. The quantitative estimate of drug-likeness (QED) is 0.820. The zero-order chi connectivity index (χ0) is 19.0. The number of methoxy groups -OCH3 is 1. The lowest BCUT2D eigenvalue weighted by molar-refractivity contribution is -0.125. The van der Waals surface area contributed by atoms with Gasteiger partial charge in [0.15, 0.2) is 0 Å². The average Bonchev–Trinajstić information content (AvgIpc) is 3.40. The van der Waals surface area contributed by atoms with Gasteiger partial charge in [-0.2, -0.15) is 0 Å². The number of amides is 2. The summed E-state index contributed by atoms with van der Waals surface area (Å²) in [6.07, 6.45) is 6.98. The number of nitrogens with one attached hydrogen (secondary N) is 1. The van der Waals surface area contributed by atoms with E-state index in [1.54, 1.807) is 7.11 Å². The normalized spacial score (nSPS) is 25.1. The molecule has 2 saturated carbocycles. The van der Waals surface area contributed by atoms with Crippen molar-refractivity contribution in [1.29, 1.82) is 0 Å². The standard InChI is InChI=1S/C20H28N4O3/c1-27-19-13(10-22-18(25)12-6-7-14(21)8-12)9-16-17(23-19)11-24(20(16)26)15-4-2-3-5-15/h9,12,14-15H,2-8,10-11,21H2,1H3,(H,22,25)/t12-,14+/m0/s1. The highest BCUT2D eigenvalue weighted by Crippen LogP contribution is 2.33. The number of ether oxygens (including phenoxy) is 1. The van der Waals surface area contributed by atoms with Gasteiger partial charge in [0, 0.05) is 30.1 Å². The van der Waals surface area contributed by atoms with Crippen LogP contribution in [0.4, 0.5) is 0 Å². The van der Waals surface area contributed by atoms with Crippen molar-refractivity contribution >= 4 is 11.8 Å². The Morgan fingerprint density at radius 1 is 1.33 bits per heavy atom. The van der Waals surface area contributed by atoms with E-state index < -0.39 is 0 Å². The molecule has 3 aliphatic rings. The molecule has 7 heteroatoms. The smallest absolute Gasteiger partial charge is 0.256 e. The van der Waals surface area contributed by atoms with Crippen molar-refractivity contribution < 1.29 is 14.3 Å².